The Balaban J connectivity index is 2.43. The highest BCUT2D eigenvalue weighted by Crippen LogP contribution is 2.25. The molecule has 1 heterocycles. The van der Waals surface area contributed by atoms with Crippen molar-refractivity contribution in [3.05, 3.63) is 0 Å². The summed E-state index contributed by atoms with van der Waals surface area (Å²) >= 11 is 1.19. The van der Waals surface area contributed by atoms with Gasteiger partial charge in [-0.2, -0.15) is 0 Å². The zero-order chi connectivity index (χ0) is 9.19. The van der Waals surface area contributed by atoms with Crippen LogP contribution in [-0.4, -0.2) is 30.3 Å². The van der Waals surface area contributed by atoms with Gasteiger partial charge in [0.1, 0.15) is 0 Å². The summed E-state index contributed by atoms with van der Waals surface area (Å²) < 4.78 is 22.0. The second-order valence-electron chi connectivity index (χ2n) is 2.87. The fourth-order valence-electron chi connectivity index (χ4n) is 1.12. The highest BCUT2D eigenvalue weighted by molar-refractivity contribution is 8.14. The van der Waals surface area contributed by atoms with Gasteiger partial charge in [-0.15, -0.1) is 0 Å². The second-order valence-corrected chi connectivity index (χ2v) is 6.45. The molecule has 0 bridgehead atoms. The molecule has 0 aromatic rings. The van der Waals surface area contributed by atoms with Crippen LogP contribution in [-0.2, 0) is 14.6 Å². The van der Waals surface area contributed by atoms with Crippen molar-refractivity contribution in [1.82, 2.24) is 0 Å². The molecule has 1 rings (SSSR count). The minimum Gasteiger partial charge on any atom is -0.287 e. The fourth-order valence-corrected chi connectivity index (χ4v) is 4.48. The molecule has 0 radical (unpaired) electrons. The van der Waals surface area contributed by atoms with Crippen LogP contribution in [0, 0.1) is 0 Å². The molecule has 0 N–H and O–H groups in total. The molecular formula is C7H12O3S2. The molecule has 0 amide bonds. The third-order valence-electron chi connectivity index (χ3n) is 1.78. The molecule has 70 valence electrons. The summed E-state index contributed by atoms with van der Waals surface area (Å²) in [5.41, 5.74) is 0. The minimum absolute atomic E-state index is 0.0162. The Morgan fingerprint density at radius 2 is 2.25 bits per heavy atom. The summed E-state index contributed by atoms with van der Waals surface area (Å²) in [6.07, 6.45) is 1.12. The first-order valence-electron chi connectivity index (χ1n) is 3.93. The molecule has 3 nitrogen and oxygen atoms in total. The third-order valence-corrected chi connectivity index (χ3v) is 5.04. The Hall–Kier alpha value is -0.0300. The smallest absolute Gasteiger partial charge is 0.188 e. The number of thioether (sulfide) groups is 1. The molecule has 0 aromatic carbocycles. The maximum absolute atomic E-state index is 11.0. The van der Waals surface area contributed by atoms with Gasteiger partial charge in [-0.3, -0.25) is 4.79 Å². The number of rotatable bonds is 2. The minimum atomic E-state index is -2.82. The molecule has 1 saturated heterocycles. The monoisotopic (exact) mass is 208 g/mol. The molecule has 1 atom stereocenters. The van der Waals surface area contributed by atoms with Crippen LogP contribution in [0.5, 0.6) is 0 Å². The molecule has 12 heavy (non-hydrogen) atoms. The number of sulfone groups is 1. The first kappa shape index (κ1) is 10.1. The summed E-state index contributed by atoms with van der Waals surface area (Å²) in [5, 5.41) is 0.111. The average molecular weight is 208 g/mol. The molecule has 1 fully saturated rings. The van der Waals surface area contributed by atoms with E-state index in [0.717, 1.165) is 0 Å². The summed E-state index contributed by atoms with van der Waals surface area (Å²) in [6, 6.07) is 0. The van der Waals surface area contributed by atoms with E-state index in [0.29, 0.717) is 12.8 Å². The van der Waals surface area contributed by atoms with Crippen LogP contribution in [0.1, 0.15) is 19.8 Å². The van der Waals surface area contributed by atoms with Gasteiger partial charge in [0.05, 0.1) is 11.5 Å². The van der Waals surface area contributed by atoms with Crippen molar-refractivity contribution in [2.45, 2.75) is 25.0 Å². The Morgan fingerprint density at radius 1 is 1.58 bits per heavy atom. The van der Waals surface area contributed by atoms with Gasteiger partial charge in [0.15, 0.2) is 15.0 Å². The van der Waals surface area contributed by atoms with Gasteiger partial charge in [0.25, 0.3) is 0 Å². The van der Waals surface area contributed by atoms with Gasteiger partial charge < -0.3 is 0 Å². The Kier molecular flexibility index (Phi) is 3.17. The van der Waals surface area contributed by atoms with Gasteiger partial charge in [0, 0.05) is 11.7 Å². The maximum atomic E-state index is 11.0. The Labute approximate surface area is 76.8 Å². The van der Waals surface area contributed by atoms with E-state index in [9.17, 15) is 13.2 Å². The number of hydrogen-bond donors (Lipinski definition) is 0. The van der Waals surface area contributed by atoms with Crippen molar-refractivity contribution >= 4 is 26.7 Å². The number of hydrogen-bond acceptors (Lipinski definition) is 4. The SMILES string of the molecule is CCC(=O)SC1CCS(=O)(=O)C1. The van der Waals surface area contributed by atoms with Crippen molar-refractivity contribution in [2.75, 3.05) is 11.5 Å². The number of carbonyl (C=O) groups is 1. The highest BCUT2D eigenvalue weighted by Gasteiger charge is 2.29. The average Bonchev–Trinajstić information content (AvgIpc) is 2.30. The molecule has 1 aliphatic rings. The molecule has 1 unspecified atom stereocenters. The van der Waals surface area contributed by atoms with E-state index >= 15 is 0 Å². The van der Waals surface area contributed by atoms with E-state index in [2.05, 4.69) is 0 Å². The molecule has 5 heteroatoms. The van der Waals surface area contributed by atoms with Crippen molar-refractivity contribution in [3.63, 3.8) is 0 Å². The lowest BCUT2D eigenvalue weighted by Crippen LogP contribution is -2.08. The summed E-state index contributed by atoms with van der Waals surface area (Å²) in [5.74, 6) is 0.436. The van der Waals surface area contributed by atoms with Crippen molar-refractivity contribution in [3.8, 4) is 0 Å². The van der Waals surface area contributed by atoms with Crippen LogP contribution in [0.4, 0.5) is 0 Å². The highest BCUT2D eigenvalue weighted by atomic mass is 32.2. The van der Waals surface area contributed by atoms with Crippen molar-refractivity contribution in [2.24, 2.45) is 0 Å². The molecule has 0 aromatic heterocycles. The predicted molar refractivity (Wildman–Crippen MR) is 49.9 cm³/mol. The standard InChI is InChI=1S/C7H12O3S2/c1-2-7(8)11-6-3-4-12(9,10)5-6/h6H,2-5H2,1H3. The van der Waals surface area contributed by atoms with Gasteiger partial charge in [-0.05, 0) is 6.42 Å². The molecular weight excluding hydrogens is 196 g/mol. The quantitative estimate of drug-likeness (QED) is 0.675. The molecule has 0 saturated carbocycles. The van der Waals surface area contributed by atoms with E-state index in [-0.39, 0.29) is 21.9 Å². The molecule has 1 aliphatic heterocycles. The summed E-state index contributed by atoms with van der Waals surface area (Å²) in [7, 11) is -2.82. The zero-order valence-corrected chi connectivity index (χ0v) is 8.58. The van der Waals surface area contributed by atoms with E-state index in [1.807, 2.05) is 0 Å². The van der Waals surface area contributed by atoms with E-state index in [1.165, 1.54) is 11.8 Å². The lowest BCUT2D eigenvalue weighted by atomic mass is 10.4. The van der Waals surface area contributed by atoms with Crippen LogP contribution < -0.4 is 0 Å². The van der Waals surface area contributed by atoms with Crippen molar-refractivity contribution < 1.29 is 13.2 Å². The summed E-state index contributed by atoms with van der Waals surface area (Å²) in [4.78, 5) is 10.9. The normalized spacial score (nSPS) is 27.2. The van der Waals surface area contributed by atoms with Gasteiger partial charge in [-0.1, -0.05) is 18.7 Å². The van der Waals surface area contributed by atoms with Crippen LogP contribution in [0.2, 0.25) is 0 Å². The Morgan fingerprint density at radius 3 is 2.67 bits per heavy atom. The van der Waals surface area contributed by atoms with Crippen molar-refractivity contribution in [1.29, 1.82) is 0 Å². The van der Waals surface area contributed by atoms with Gasteiger partial charge in [0.2, 0.25) is 0 Å². The van der Waals surface area contributed by atoms with Gasteiger partial charge >= 0.3 is 0 Å². The second kappa shape index (κ2) is 3.79. The molecule has 0 spiro atoms. The first-order valence-corrected chi connectivity index (χ1v) is 6.63. The van der Waals surface area contributed by atoms with Gasteiger partial charge in [-0.25, -0.2) is 8.42 Å². The zero-order valence-electron chi connectivity index (χ0n) is 6.95. The van der Waals surface area contributed by atoms with Crippen LogP contribution in [0.25, 0.3) is 0 Å². The van der Waals surface area contributed by atoms with E-state index < -0.39 is 9.84 Å². The third kappa shape index (κ3) is 2.79. The lowest BCUT2D eigenvalue weighted by molar-refractivity contribution is -0.110. The van der Waals surface area contributed by atoms with E-state index in [1.54, 1.807) is 6.92 Å². The van der Waals surface area contributed by atoms with Crippen LogP contribution in [0.3, 0.4) is 0 Å². The largest absolute Gasteiger partial charge is 0.287 e. The fraction of sp³-hybridized carbons (Fsp3) is 0.857. The van der Waals surface area contributed by atoms with Crippen LogP contribution >= 0.6 is 11.8 Å². The predicted octanol–water partition coefficient (Wildman–Crippen LogP) is 0.843. The van der Waals surface area contributed by atoms with Crippen LogP contribution in [0.15, 0.2) is 0 Å². The Bertz CT molecular complexity index is 268. The van der Waals surface area contributed by atoms with E-state index in [4.69, 9.17) is 0 Å². The lowest BCUT2D eigenvalue weighted by Gasteiger charge is -2.02. The molecule has 0 aliphatic carbocycles. The first-order chi connectivity index (χ1) is 5.53. The maximum Gasteiger partial charge on any atom is 0.188 e. The topological polar surface area (TPSA) is 51.2 Å². The number of carbonyl (C=O) groups excluding carboxylic acids is 1. The summed E-state index contributed by atoms with van der Waals surface area (Å²) in [6.45, 7) is 1.79.